The van der Waals surface area contributed by atoms with Gasteiger partial charge in [0.1, 0.15) is 0 Å². The van der Waals surface area contributed by atoms with Crippen molar-refractivity contribution in [2.24, 2.45) is 5.14 Å². The molecular formula is C9H7ClF4N2O3S. The molecule has 11 heteroatoms. The van der Waals surface area contributed by atoms with Crippen molar-refractivity contribution in [2.45, 2.75) is 16.2 Å². The van der Waals surface area contributed by atoms with Crippen molar-refractivity contribution in [3.8, 4) is 0 Å². The van der Waals surface area contributed by atoms with E-state index in [1.807, 2.05) is 0 Å². The average molecular weight is 335 g/mol. The number of alkyl halides is 5. The lowest BCUT2D eigenvalue weighted by Crippen LogP contribution is -2.46. The second-order valence-electron chi connectivity index (χ2n) is 3.60. The molecule has 1 aromatic rings. The predicted octanol–water partition coefficient (Wildman–Crippen LogP) is 1.74. The molecule has 0 saturated carbocycles. The molecule has 0 saturated heterocycles. The number of rotatable bonds is 3. The number of amides is 1. The molecule has 0 heterocycles. The first kappa shape index (κ1) is 16.7. The van der Waals surface area contributed by atoms with Crippen molar-refractivity contribution in [3.05, 3.63) is 24.3 Å². The summed E-state index contributed by atoms with van der Waals surface area (Å²) in [6.45, 7) is 0. The fourth-order valence-corrected chi connectivity index (χ4v) is 1.63. The maximum Gasteiger partial charge on any atom is 0.446 e. The molecule has 1 atom stereocenters. The SMILES string of the molecule is NS(=O)(=O)c1ccc(NC(=O)C(F)(Cl)C(F)(F)F)cc1. The molecule has 0 aliphatic heterocycles. The summed E-state index contributed by atoms with van der Waals surface area (Å²) in [5.74, 6) is -2.14. The first-order chi connectivity index (χ1) is 8.85. The highest BCUT2D eigenvalue weighted by molar-refractivity contribution is 7.89. The van der Waals surface area contributed by atoms with Gasteiger partial charge in [-0.25, -0.2) is 17.9 Å². The number of sulfonamides is 1. The third-order valence-electron chi connectivity index (χ3n) is 2.08. The van der Waals surface area contributed by atoms with Crippen LogP contribution in [0.1, 0.15) is 0 Å². The summed E-state index contributed by atoms with van der Waals surface area (Å²) in [7, 11) is -3.99. The fraction of sp³-hybridized carbons (Fsp3) is 0.222. The topological polar surface area (TPSA) is 89.3 Å². The molecule has 1 amide bonds. The minimum absolute atomic E-state index is 0.283. The number of carbonyl (C=O) groups excluding carboxylic acids is 1. The Morgan fingerprint density at radius 3 is 1.95 bits per heavy atom. The molecule has 1 aromatic carbocycles. The summed E-state index contributed by atoms with van der Waals surface area (Å²) >= 11 is 4.50. The standard InChI is InChI=1S/C9H7ClF4N2O3S/c10-8(11,9(12,13)14)7(17)16-5-1-3-6(4-2-5)20(15,18)19/h1-4H,(H,16,17)(H2,15,18,19). The summed E-state index contributed by atoms with van der Waals surface area (Å²) in [6, 6.07) is 3.71. The number of carbonyl (C=O) groups is 1. The second kappa shape index (κ2) is 5.19. The lowest BCUT2D eigenvalue weighted by Gasteiger charge is -2.20. The van der Waals surface area contributed by atoms with Gasteiger partial charge in [-0.2, -0.15) is 13.2 Å². The molecule has 0 bridgehead atoms. The summed E-state index contributed by atoms with van der Waals surface area (Å²) in [5.41, 5.74) is -0.283. The number of nitrogens with one attached hydrogen (secondary N) is 1. The highest BCUT2D eigenvalue weighted by atomic mass is 35.5. The molecule has 0 radical (unpaired) electrons. The number of hydrogen-bond donors (Lipinski definition) is 2. The van der Waals surface area contributed by atoms with E-state index in [0.717, 1.165) is 24.3 Å². The molecule has 5 nitrogen and oxygen atoms in total. The number of anilines is 1. The Bertz CT molecular complexity index is 613. The van der Waals surface area contributed by atoms with Gasteiger partial charge >= 0.3 is 11.3 Å². The van der Waals surface area contributed by atoms with Gasteiger partial charge in [0.15, 0.2) is 0 Å². The van der Waals surface area contributed by atoms with Crippen LogP contribution in [0.15, 0.2) is 29.2 Å². The van der Waals surface area contributed by atoms with Crippen LogP contribution in [-0.4, -0.2) is 25.6 Å². The zero-order valence-electron chi connectivity index (χ0n) is 9.41. The van der Waals surface area contributed by atoms with Crippen molar-refractivity contribution in [2.75, 3.05) is 5.32 Å². The van der Waals surface area contributed by atoms with E-state index in [2.05, 4.69) is 11.6 Å². The normalized spacial score (nSPS) is 15.5. The fourth-order valence-electron chi connectivity index (χ4n) is 1.07. The molecule has 1 rings (SSSR count). The van der Waals surface area contributed by atoms with Gasteiger partial charge in [0, 0.05) is 5.69 Å². The minimum atomic E-state index is -5.60. The predicted molar refractivity (Wildman–Crippen MR) is 62.2 cm³/mol. The molecular weight excluding hydrogens is 328 g/mol. The van der Waals surface area contributed by atoms with Gasteiger partial charge in [-0.1, -0.05) is 11.6 Å². The van der Waals surface area contributed by atoms with Gasteiger partial charge in [-0.15, -0.1) is 0 Å². The first-order valence-electron chi connectivity index (χ1n) is 4.74. The van der Waals surface area contributed by atoms with Crippen LogP contribution in [0.4, 0.5) is 23.2 Å². The van der Waals surface area contributed by atoms with Crippen LogP contribution in [0.25, 0.3) is 0 Å². The van der Waals surface area contributed by atoms with Gasteiger partial charge in [0.2, 0.25) is 10.0 Å². The van der Waals surface area contributed by atoms with Crippen LogP contribution in [0.3, 0.4) is 0 Å². The maximum absolute atomic E-state index is 13.1. The molecule has 0 aromatic heterocycles. The van der Waals surface area contributed by atoms with Gasteiger partial charge < -0.3 is 5.32 Å². The van der Waals surface area contributed by atoms with Gasteiger partial charge in [-0.3, -0.25) is 4.79 Å². The Labute approximate surface area is 115 Å². The van der Waals surface area contributed by atoms with E-state index in [1.54, 1.807) is 5.32 Å². The van der Waals surface area contributed by atoms with Crippen molar-refractivity contribution >= 4 is 33.2 Å². The first-order valence-corrected chi connectivity index (χ1v) is 6.67. The summed E-state index contributed by atoms with van der Waals surface area (Å²) in [6.07, 6.45) is -5.60. The number of primary sulfonamides is 1. The van der Waals surface area contributed by atoms with Crippen LogP contribution >= 0.6 is 11.6 Å². The highest BCUT2D eigenvalue weighted by Gasteiger charge is 2.61. The van der Waals surface area contributed by atoms with E-state index in [4.69, 9.17) is 5.14 Å². The van der Waals surface area contributed by atoms with Crippen LogP contribution in [0, 0.1) is 0 Å². The van der Waals surface area contributed by atoms with Gasteiger partial charge in [0.05, 0.1) is 4.90 Å². The lowest BCUT2D eigenvalue weighted by atomic mass is 10.3. The number of halogens is 5. The molecule has 0 fully saturated rings. The molecule has 3 N–H and O–H groups in total. The Morgan fingerprint density at radius 1 is 1.15 bits per heavy atom. The third kappa shape index (κ3) is 3.58. The van der Waals surface area contributed by atoms with Crippen molar-refractivity contribution in [3.63, 3.8) is 0 Å². The Morgan fingerprint density at radius 2 is 1.60 bits per heavy atom. The third-order valence-corrected chi connectivity index (χ3v) is 3.40. The van der Waals surface area contributed by atoms with Crippen LogP contribution in [0.2, 0.25) is 0 Å². The van der Waals surface area contributed by atoms with Crippen LogP contribution in [0.5, 0.6) is 0 Å². The zero-order chi connectivity index (χ0) is 15.8. The Kier molecular flexibility index (Phi) is 4.32. The summed E-state index contributed by atoms with van der Waals surface area (Å²) in [4.78, 5) is 10.8. The van der Waals surface area contributed by atoms with E-state index in [0.29, 0.717) is 0 Å². The Hall–Kier alpha value is -1.39. The average Bonchev–Trinajstić information content (AvgIpc) is 2.26. The summed E-state index contributed by atoms with van der Waals surface area (Å²) < 4.78 is 71.3. The second-order valence-corrected chi connectivity index (χ2v) is 5.68. The van der Waals surface area contributed by atoms with E-state index < -0.39 is 27.2 Å². The molecule has 0 aliphatic carbocycles. The number of nitrogens with two attached hydrogens (primary N) is 1. The van der Waals surface area contributed by atoms with Crippen molar-refractivity contribution in [1.29, 1.82) is 0 Å². The molecule has 20 heavy (non-hydrogen) atoms. The lowest BCUT2D eigenvalue weighted by molar-refractivity contribution is -0.197. The van der Waals surface area contributed by atoms with Crippen molar-refractivity contribution < 1.29 is 30.8 Å². The largest absolute Gasteiger partial charge is 0.446 e. The van der Waals surface area contributed by atoms with E-state index in [-0.39, 0.29) is 10.6 Å². The number of benzene rings is 1. The molecule has 0 aliphatic rings. The minimum Gasteiger partial charge on any atom is -0.322 e. The van der Waals surface area contributed by atoms with Crippen molar-refractivity contribution in [1.82, 2.24) is 0 Å². The van der Waals surface area contributed by atoms with E-state index in [9.17, 15) is 30.8 Å². The summed E-state index contributed by atoms with van der Waals surface area (Å²) in [5, 5.41) is 1.76. The van der Waals surface area contributed by atoms with Crippen LogP contribution < -0.4 is 10.5 Å². The molecule has 1 unspecified atom stereocenters. The zero-order valence-corrected chi connectivity index (χ0v) is 11.0. The van der Waals surface area contributed by atoms with E-state index in [1.165, 1.54) is 0 Å². The number of hydrogen-bond acceptors (Lipinski definition) is 3. The quantitative estimate of drug-likeness (QED) is 0.651. The van der Waals surface area contributed by atoms with Gasteiger partial charge in [-0.05, 0) is 24.3 Å². The molecule has 112 valence electrons. The monoisotopic (exact) mass is 334 g/mol. The van der Waals surface area contributed by atoms with Gasteiger partial charge in [0.25, 0.3) is 5.91 Å². The van der Waals surface area contributed by atoms with Crippen LogP contribution in [-0.2, 0) is 14.8 Å². The highest BCUT2D eigenvalue weighted by Crippen LogP contribution is 2.38. The Balaban J connectivity index is 2.93. The van der Waals surface area contributed by atoms with E-state index >= 15 is 0 Å². The maximum atomic E-state index is 13.1. The smallest absolute Gasteiger partial charge is 0.322 e. The molecule has 0 spiro atoms.